The first-order valence-electron chi connectivity index (χ1n) is 11.0. The van der Waals surface area contributed by atoms with Gasteiger partial charge in [0.2, 0.25) is 0 Å². The smallest absolute Gasteiger partial charge is 0 e. The largest absolute Gasteiger partial charge is 0 e. The predicted octanol–water partition coefficient (Wildman–Crippen LogP) is 5.18. The van der Waals surface area contributed by atoms with Crippen LogP contribution in [0.5, 0.6) is 0 Å². The summed E-state index contributed by atoms with van der Waals surface area (Å²) in [6.45, 7) is 18.0. The molecule has 1 aromatic rings. The van der Waals surface area contributed by atoms with E-state index >= 15 is 0 Å². The van der Waals surface area contributed by atoms with Crippen LogP contribution in [-0.2, 0) is 45.3 Å². The summed E-state index contributed by atoms with van der Waals surface area (Å²) in [5.41, 5.74) is 0.871. The summed E-state index contributed by atoms with van der Waals surface area (Å²) in [7, 11) is 3.27. The number of carbonyl (C=O) groups is 1. The Labute approximate surface area is 220 Å². The van der Waals surface area contributed by atoms with Crippen molar-refractivity contribution < 1.29 is 45.3 Å². The van der Waals surface area contributed by atoms with Gasteiger partial charge in [-0.1, -0.05) is 43.7 Å². The first-order chi connectivity index (χ1) is 16.4. The molecule has 0 heterocycles. The SMILES string of the molecule is CO[C]1[CH][C]2[C](CCC3[C@]2(C)CCC[C@]3(C)C(=O)OC)C(c2ccccc2)[CH]1.[C-]#[O+].[C-]#[O+].[C-]#[O+].[Mn]. The first-order valence-corrected chi connectivity index (χ1v) is 11.0. The molecule has 4 rings (SSSR count). The summed E-state index contributed by atoms with van der Waals surface area (Å²) < 4.78 is 33.5. The minimum Gasteiger partial charge on any atom is 0 e. The van der Waals surface area contributed by atoms with Crippen LogP contribution in [0.4, 0.5) is 0 Å². The molecule has 6 radical (unpaired) electrons. The van der Waals surface area contributed by atoms with E-state index in [0.717, 1.165) is 38.2 Å². The van der Waals surface area contributed by atoms with Gasteiger partial charge in [-0.2, -0.15) is 0 Å². The van der Waals surface area contributed by atoms with Gasteiger partial charge >= 0.3 is 39.9 Å². The number of rotatable bonds is 3. The van der Waals surface area contributed by atoms with E-state index < -0.39 is 5.41 Å². The van der Waals surface area contributed by atoms with Crippen molar-refractivity contribution in [3.05, 3.63) is 86.6 Å². The minimum atomic E-state index is -0.412. The number of fused-ring (bicyclic) bond motifs is 3. The van der Waals surface area contributed by atoms with Gasteiger partial charge in [0.05, 0.1) is 12.5 Å². The topological polar surface area (TPSA) is 95.2 Å². The van der Waals surface area contributed by atoms with Crippen LogP contribution in [0.3, 0.4) is 0 Å². The van der Waals surface area contributed by atoms with Crippen LogP contribution in [-0.4, -0.2) is 20.2 Å². The van der Waals surface area contributed by atoms with Crippen LogP contribution in [0.2, 0.25) is 0 Å². The number of methoxy groups -OCH3 is 2. The molecule has 4 atom stereocenters. The predicted molar refractivity (Wildman–Crippen MR) is 121 cm³/mol. The van der Waals surface area contributed by atoms with Crippen molar-refractivity contribution in [1.82, 2.24) is 0 Å². The van der Waals surface area contributed by atoms with E-state index in [0.29, 0.717) is 5.92 Å². The molecule has 35 heavy (non-hydrogen) atoms. The Hall–Kier alpha value is -1.61. The molecule has 0 aromatic heterocycles. The zero-order valence-electron chi connectivity index (χ0n) is 20.6. The molecule has 0 spiro atoms. The van der Waals surface area contributed by atoms with Gasteiger partial charge < -0.3 is 9.47 Å². The quantitative estimate of drug-likeness (QED) is 0.239. The molecule has 0 N–H and O–H groups in total. The molecule has 7 heteroatoms. The number of carbonyl (C=O) groups excluding carboxylic acids is 1. The molecular weight excluding hydrogens is 487 g/mol. The third kappa shape index (κ3) is 6.59. The summed E-state index contributed by atoms with van der Waals surface area (Å²) in [6.07, 6.45) is 10.5. The molecule has 2 unspecified atom stereocenters. The van der Waals surface area contributed by atoms with Gasteiger partial charge in [0.1, 0.15) is 6.10 Å². The summed E-state index contributed by atoms with van der Waals surface area (Å²) >= 11 is 0. The van der Waals surface area contributed by atoms with Crippen molar-refractivity contribution in [3.8, 4) is 0 Å². The van der Waals surface area contributed by atoms with Crippen molar-refractivity contribution in [2.75, 3.05) is 14.2 Å². The summed E-state index contributed by atoms with van der Waals surface area (Å²) in [6, 6.07) is 10.7. The molecule has 3 aliphatic rings. The number of esters is 1. The van der Waals surface area contributed by atoms with Gasteiger partial charge in [0.15, 0.2) is 0 Å². The van der Waals surface area contributed by atoms with Crippen LogP contribution in [0, 0.1) is 67.5 Å². The van der Waals surface area contributed by atoms with E-state index in [1.165, 1.54) is 24.5 Å². The maximum Gasteiger partial charge on any atom is 0 e. The van der Waals surface area contributed by atoms with Crippen LogP contribution in [0.25, 0.3) is 0 Å². The average Bonchev–Trinajstić information content (AvgIpc) is 2.91. The van der Waals surface area contributed by atoms with Crippen molar-refractivity contribution in [2.24, 2.45) is 16.7 Å². The summed E-state index contributed by atoms with van der Waals surface area (Å²) in [5, 5.41) is 0. The summed E-state index contributed by atoms with van der Waals surface area (Å²) in [4.78, 5) is 12.8. The zero-order chi connectivity index (χ0) is 25.9. The number of hydrogen-bond donors (Lipinski definition) is 0. The monoisotopic (exact) mass is 518 g/mol. The molecule has 6 nitrogen and oxygen atoms in total. The van der Waals surface area contributed by atoms with Crippen LogP contribution in [0.1, 0.15) is 57.4 Å². The molecule has 0 amide bonds. The third-order valence-corrected chi connectivity index (χ3v) is 7.63. The second-order valence-corrected chi connectivity index (χ2v) is 9.02. The first kappa shape index (κ1) is 33.4. The molecule has 0 bridgehead atoms. The van der Waals surface area contributed by atoms with Gasteiger partial charge in [0.25, 0.3) is 0 Å². The maximum absolute atomic E-state index is 12.8. The Morgan fingerprint density at radius 3 is 2.14 bits per heavy atom. The zero-order valence-corrected chi connectivity index (χ0v) is 21.7. The molecular formula is C28H31MnO6. The van der Waals surface area contributed by atoms with E-state index in [1.54, 1.807) is 7.11 Å². The van der Waals surface area contributed by atoms with Crippen molar-refractivity contribution >= 4 is 5.97 Å². The fourth-order valence-electron chi connectivity index (χ4n) is 6.23. The van der Waals surface area contributed by atoms with Crippen LogP contribution in [0.15, 0.2) is 30.3 Å². The second-order valence-electron chi connectivity index (χ2n) is 9.02. The van der Waals surface area contributed by atoms with Gasteiger partial charge in [-0.3, -0.25) is 4.79 Å². The molecule has 3 fully saturated rings. The Bertz CT molecular complexity index is 823. The maximum atomic E-state index is 12.8. The Kier molecular flexibility index (Phi) is 14.8. The van der Waals surface area contributed by atoms with Gasteiger partial charge in [-0.05, 0) is 67.3 Å². The van der Waals surface area contributed by atoms with Crippen molar-refractivity contribution in [2.45, 2.75) is 51.9 Å². The molecule has 3 aliphatic carbocycles. The Morgan fingerprint density at radius 1 is 1.00 bits per heavy atom. The van der Waals surface area contributed by atoms with Crippen LogP contribution >= 0.6 is 0 Å². The second kappa shape index (κ2) is 15.5. The molecule has 0 aliphatic heterocycles. The molecule has 0 saturated heterocycles. The van der Waals surface area contributed by atoms with E-state index in [4.69, 9.17) is 23.4 Å². The molecule has 186 valence electrons. The van der Waals surface area contributed by atoms with E-state index in [2.05, 4.69) is 77.0 Å². The normalized spacial score (nSPS) is 29.9. The van der Waals surface area contributed by atoms with Crippen molar-refractivity contribution in [3.63, 3.8) is 0 Å². The summed E-state index contributed by atoms with van der Waals surface area (Å²) in [5.74, 6) is 3.39. The van der Waals surface area contributed by atoms with Gasteiger partial charge in [-0.25, -0.2) is 0 Å². The third-order valence-electron chi connectivity index (χ3n) is 7.63. The average molecular weight is 518 g/mol. The minimum absolute atomic E-state index is 0. The van der Waals surface area contributed by atoms with Gasteiger partial charge in [-0.15, -0.1) is 0 Å². The number of hydrogen-bond acceptors (Lipinski definition) is 3. The fraction of sp³-hybridized carbons (Fsp3) is 0.464. The van der Waals surface area contributed by atoms with E-state index in [9.17, 15) is 4.79 Å². The van der Waals surface area contributed by atoms with Crippen LogP contribution < -0.4 is 0 Å². The van der Waals surface area contributed by atoms with E-state index in [-0.39, 0.29) is 34.4 Å². The standard InChI is InChI=1S/C25H31O3.3CO.Mn/c1-24-13-8-14-25(2,23(26)28-4)22(24)12-11-19-20(17-9-6-5-7-10-17)15-18(27-3)16-21(19)24;3*1-2;/h5-7,9-10,15-16,20,22H,8,11-14H2,1-4H3;;;;/t20?,22?,24-,25+;;;;/m1..../s1. The number of benzene rings is 1. The number of ether oxygens (including phenoxy) is 2. The molecule has 1 aromatic carbocycles. The Balaban J connectivity index is 0.00000154. The Morgan fingerprint density at radius 2 is 1.60 bits per heavy atom. The van der Waals surface area contributed by atoms with E-state index in [1.807, 2.05) is 0 Å². The fourth-order valence-corrected chi connectivity index (χ4v) is 6.23. The molecule has 3 saturated carbocycles. The van der Waals surface area contributed by atoms with Gasteiger partial charge in [0, 0.05) is 37.0 Å². The van der Waals surface area contributed by atoms with Crippen molar-refractivity contribution in [1.29, 1.82) is 0 Å².